The lowest BCUT2D eigenvalue weighted by Gasteiger charge is -2.45. The number of thiazole rings is 1. The highest BCUT2D eigenvalue weighted by Gasteiger charge is 2.37. The maximum absolute atomic E-state index is 15.5. The Hall–Kier alpha value is -5.15. The minimum atomic E-state index is -4.98. The summed E-state index contributed by atoms with van der Waals surface area (Å²) in [6.07, 6.45) is -0.286. The average Bonchev–Trinajstić information content (AvgIpc) is 3.78. The number of hydrogen-bond donors (Lipinski definition) is 1. The van der Waals surface area contributed by atoms with Gasteiger partial charge in [0.2, 0.25) is 0 Å². The van der Waals surface area contributed by atoms with Crippen LogP contribution in [0.1, 0.15) is 23.2 Å². The molecule has 3 heterocycles. The fourth-order valence-corrected chi connectivity index (χ4v) is 8.15. The van der Waals surface area contributed by atoms with Gasteiger partial charge >= 0.3 is 6.09 Å². The van der Waals surface area contributed by atoms with Gasteiger partial charge in [0.05, 0.1) is 28.3 Å². The lowest BCUT2D eigenvalue weighted by atomic mass is 9.93. The predicted octanol–water partition coefficient (Wildman–Crippen LogP) is 8.25. The van der Waals surface area contributed by atoms with Gasteiger partial charge in [-0.15, -0.1) is 15.6 Å². The summed E-state index contributed by atoms with van der Waals surface area (Å²) in [5, 5.41) is 15.0. The van der Waals surface area contributed by atoms with E-state index >= 15 is 4.39 Å². The fraction of sp³-hybridized carbons (Fsp3) is 0.114. The summed E-state index contributed by atoms with van der Waals surface area (Å²) in [7, 11) is -4.98. The lowest BCUT2D eigenvalue weighted by Crippen LogP contribution is -2.50. The minimum Gasteiger partial charge on any atom is -0.464 e. The number of carbonyl (C=O) groups is 1. The van der Waals surface area contributed by atoms with Crippen molar-refractivity contribution in [2.75, 3.05) is 17.4 Å². The zero-order valence-electron chi connectivity index (χ0n) is 25.8. The first-order valence-corrected chi connectivity index (χ1v) is 17.9. The van der Waals surface area contributed by atoms with Crippen molar-refractivity contribution in [2.24, 2.45) is 0 Å². The molecule has 4 aromatic carbocycles. The third kappa shape index (κ3) is 6.33. The number of ether oxygens (including phenoxy) is 1. The van der Waals surface area contributed by atoms with Crippen LogP contribution in [0.25, 0.3) is 11.3 Å². The van der Waals surface area contributed by atoms with Gasteiger partial charge in [-0.2, -0.15) is 5.10 Å². The van der Waals surface area contributed by atoms with Crippen molar-refractivity contribution < 1.29 is 31.8 Å². The average molecular weight is 734 g/mol. The maximum Gasteiger partial charge on any atom is 0.427 e. The monoisotopic (exact) mass is 733 g/mol. The lowest BCUT2D eigenvalue weighted by molar-refractivity contribution is 0.0691. The van der Waals surface area contributed by atoms with Crippen LogP contribution in [0.4, 0.5) is 19.4 Å². The number of likely N-dealkylation sites (tertiary alicyclic amines) is 1. The first-order valence-electron chi connectivity index (χ1n) is 15.1. The first kappa shape index (κ1) is 33.4. The molecule has 0 atom stereocenters. The summed E-state index contributed by atoms with van der Waals surface area (Å²) in [6.45, 7) is 1.30. The number of benzene rings is 4. The Kier molecular flexibility index (Phi) is 9.09. The van der Waals surface area contributed by atoms with Crippen molar-refractivity contribution in [3.05, 3.63) is 142 Å². The van der Waals surface area contributed by atoms with Gasteiger partial charge in [0.25, 0.3) is 10.0 Å². The van der Waals surface area contributed by atoms with Gasteiger partial charge in [-0.05, 0) is 41.5 Å². The standard InChI is InChI=1S/C35H26ClF2N5O5S2/c36-27-16-32(50(46,47)43(35(44)45)33-20-49-21-39-33)28(38)17-31(27)48-30-12-11-24(37)15-26(30)29-13-14-40-42(29)25-18-41(19-25)34(22-7-3-1-4-8-22)23-9-5-2-6-10-23/h1-17,20-21,25,34H,18-19H2,(H,44,45). The molecule has 0 aliphatic carbocycles. The van der Waals surface area contributed by atoms with E-state index in [1.807, 2.05) is 36.4 Å². The van der Waals surface area contributed by atoms with Crippen molar-refractivity contribution in [1.29, 1.82) is 0 Å². The molecule has 1 amide bonds. The normalized spacial score (nSPS) is 13.7. The van der Waals surface area contributed by atoms with E-state index in [4.69, 9.17) is 16.3 Å². The topological polar surface area (TPSA) is 118 Å². The molecule has 0 unspecified atom stereocenters. The zero-order chi connectivity index (χ0) is 35.0. The Bertz CT molecular complexity index is 2230. The molecule has 6 aromatic rings. The highest BCUT2D eigenvalue weighted by atomic mass is 35.5. The second-order valence-corrected chi connectivity index (χ2v) is 14.2. The number of nitrogens with zero attached hydrogens (tertiary/aromatic N) is 5. The van der Waals surface area contributed by atoms with Crippen molar-refractivity contribution >= 4 is 44.9 Å². The molecule has 10 nitrogen and oxygen atoms in total. The molecular weight excluding hydrogens is 708 g/mol. The molecule has 0 spiro atoms. The fourth-order valence-electron chi connectivity index (χ4n) is 5.98. The molecule has 7 rings (SSSR count). The van der Waals surface area contributed by atoms with E-state index in [1.165, 1.54) is 23.0 Å². The molecule has 15 heteroatoms. The summed E-state index contributed by atoms with van der Waals surface area (Å²) in [6, 6.07) is 27.3. The number of hydrogen-bond acceptors (Lipinski definition) is 8. The van der Waals surface area contributed by atoms with Gasteiger partial charge < -0.3 is 9.84 Å². The summed E-state index contributed by atoms with van der Waals surface area (Å²) < 4.78 is 64.4. The van der Waals surface area contributed by atoms with E-state index in [9.17, 15) is 22.7 Å². The highest BCUT2D eigenvalue weighted by Crippen LogP contribution is 2.42. The van der Waals surface area contributed by atoms with Crippen molar-refractivity contribution in [1.82, 2.24) is 19.7 Å². The summed E-state index contributed by atoms with van der Waals surface area (Å²) in [5.74, 6) is -2.47. The van der Waals surface area contributed by atoms with Gasteiger partial charge in [-0.25, -0.2) is 27.0 Å². The molecule has 0 bridgehead atoms. The molecule has 0 saturated carbocycles. The number of aromatic nitrogens is 3. The van der Waals surface area contributed by atoms with Gasteiger partial charge in [-0.1, -0.05) is 72.3 Å². The van der Waals surface area contributed by atoms with Crippen LogP contribution in [0.15, 0.2) is 119 Å². The number of anilines is 1. The molecule has 1 aliphatic rings. The van der Waals surface area contributed by atoms with Crippen molar-refractivity contribution in [2.45, 2.75) is 17.0 Å². The van der Waals surface area contributed by atoms with Gasteiger partial charge in [0.15, 0.2) is 5.82 Å². The van der Waals surface area contributed by atoms with E-state index in [0.29, 0.717) is 24.3 Å². The van der Waals surface area contributed by atoms with Crippen LogP contribution in [-0.2, 0) is 10.0 Å². The van der Waals surface area contributed by atoms with E-state index in [2.05, 4.69) is 39.2 Å². The van der Waals surface area contributed by atoms with E-state index in [1.54, 1.807) is 16.9 Å². The van der Waals surface area contributed by atoms with Crippen LogP contribution in [0.2, 0.25) is 5.02 Å². The molecule has 0 radical (unpaired) electrons. The molecule has 1 saturated heterocycles. The van der Waals surface area contributed by atoms with Gasteiger partial charge in [0, 0.05) is 36.3 Å². The van der Waals surface area contributed by atoms with Crippen LogP contribution in [-0.4, -0.2) is 52.4 Å². The Morgan fingerprint density at radius 1 is 0.960 bits per heavy atom. The van der Waals surface area contributed by atoms with Gasteiger partial charge in [-0.3, -0.25) is 9.58 Å². The van der Waals surface area contributed by atoms with Crippen LogP contribution >= 0.6 is 22.9 Å². The van der Waals surface area contributed by atoms with E-state index in [0.717, 1.165) is 40.7 Å². The summed E-state index contributed by atoms with van der Waals surface area (Å²) >= 11 is 7.36. The van der Waals surface area contributed by atoms with Crippen molar-refractivity contribution in [3.63, 3.8) is 0 Å². The Morgan fingerprint density at radius 2 is 1.64 bits per heavy atom. The maximum atomic E-state index is 15.5. The second kappa shape index (κ2) is 13.6. The van der Waals surface area contributed by atoms with E-state index < -0.39 is 38.5 Å². The Labute approximate surface area is 294 Å². The highest BCUT2D eigenvalue weighted by molar-refractivity contribution is 7.93. The van der Waals surface area contributed by atoms with E-state index in [-0.39, 0.29) is 32.9 Å². The third-order valence-corrected chi connectivity index (χ3v) is 10.8. The number of sulfonamides is 1. The quantitative estimate of drug-likeness (QED) is 0.150. The molecule has 1 aliphatic heterocycles. The summed E-state index contributed by atoms with van der Waals surface area (Å²) in [5.41, 5.74) is 4.38. The Balaban J connectivity index is 1.17. The number of halogens is 3. The first-order chi connectivity index (χ1) is 24.1. The number of carboxylic acid groups (broad SMARTS) is 1. The number of amides is 1. The largest absolute Gasteiger partial charge is 0.464 e. The second-order valence-electron chi connectivity index (χ2n) is 11.3. The van der Waals surface area contributed by atoms with Crippen molar-refractivity contribution in [3.8, 4) is 22.8 Å². The Morgan fingerprint density at radius 3 is 2.26 bits per heavy atom. The molecule has 2 aromatic heterocycles. The smallest absolute Gasteiger partial charge is 0.427 e. The predicted molar refractivity (Wildman–Crippen MR) is 184 cm³/mol. The van der Waals surface area contributed by atoms with Gasteiger partial charge in [0.1, 0.15) is 28.0 Å². The van der Waals surface area contributed by atoms with Crippen LogP contribution in [0.3, 0.4) is 0 Å². The molecule has 50 heavy (non-hydrogen) atoms. The van der Waals surface area contributed by atoms with Crippen LogP contribution < -0.4 is 9.04 Å². The minimum absolute atomic E-state index is 0.0219. The van der Waals surface area contributed by atoms with Crippen LogP contribution in [0.5, 0.6) is 11.5 Å². The zero-order valence-corrected chi connectivity index (χ0v) is 28.2. The third-order valence-electron chi connectivity index (χ3n) is 8.25. The van der Waals surface area contributed by atoms with Crippen LogP contribution in [0, 0.1) is 11.6 Å². The SMILES string of the molecule is O=C(O)N(c1cscn1)S(=O)(=O)c1cc(Cl)c(Oc2ccc(F)cc2-c2ccnn2C2CN(C(c3ccccc3)c3ccccc3)C2)cc1F. The molecule has 1 N–H and O–H groups in total. The summed E-state index contributed by atoms with van der Waals surface area (Å²) in [4.78, 5) is 16.9. The molecule has 1 fully saturated rings. The molecular formula is C35H26ClF2N5O5S2. The number of rotatable bonds is 10. The molecule has 254 valence electrons.